The van der Waals surface area contributed by atoms with Crippen LogP contribution in [0.2, 0.25) is 6.32 Å². The Kier molecular flexibility index (Phi) is 3.43. The zero-order valence-electron chi connectivity index (χ0n) is 7.48. The van der Waals surface area contributed by atoms with Crippen LogP contribution in [0.15, 0.2) is 12.1 Å². The highest BCUT2D eigenvalue weighted by Gasteiger charge is 2.23. The van der Waals surface area contributed by atoms with Crippen molar-refractivity contribution in [1.29, 1.82) is 0 Å². The second kappa shape index (κ2) is 4.81. The lowest BCUT2D eigenvalue weighted by Crippen LogP contribution is -2.14. The Morgan fingerprint density at radius 2 is 1.54 bits per heavy atom. The summed E-state index contributed by atoms with van der Waals surface area (Å²) in [5.74, 6) is 1.90. The van der Waals surface area contributed by atoms with Crippen molar-refractivity contribution in [2.24, 2.45) is 0 Å². The summed E-state index contributed by atoms with van der Waals surface area (Å²) in [5, 5.41) is 0. The van der Waals surface area contributed by atoms with Crippen LogP contribution in [-0.4, -0.2) is 40.7 Å². The Morgan fingerprint density at radius 3 is 2.23 bits per heavy atom. The summed E-state index contributed by atoms with van der Waals surface area (Å²) in [5.41, 5.74) is 0. The highest BCUT2D eigenvalue weighted by molar-refractivity contribution is 6.51. The molecule has 0 aromatic heterocycles. The SMILES string of the molecule is C(=C\B1OCCO1)/CB1OCCO1. The summed E-state index contributed by atoms with van der Waals surface area (Å²) < 4.78 is 21.0. The smallest absolute Gasteiger partial charge is 0.409 e. The maximum Gasteiger partial charge on any atom is 0.485 e. The third kappa shape index (κ3) is 2.84. The van der Waals surface area contributed by atoms with Crippen LogP contribution in [-0.2, 0) is 18.6 Å². The number of rotatable bonds is 3. The van der Waals surface area contributed by atoms with E-state index in [-0.39, 0.29) is 14.2 Å². The summed E-state index contributed by atoms with van der Waals surface area (Å²) in [6.45, 7) is 2.78. The van der Waals surface area contributed by atoms with E-state index in [0.717, 1.165) is 6.32 Å². The standard InChI is InChI=1S/C7H12B2O4/c1(2-8-10-4-5-11-8)3-9-12-6-7-13-9/h1-2H,3-7H2/b2-1+. The molecule has 0 aromatic rings. The maximum absolute atomic E-state index is 5.26. The third-order valence-corrected chi connectivity index (χ3v) is 1.96. The van der Waals surface area contributed by atoms with E-state index in [4.69, 9.17) is 18.6 Å². The fourth-order valence-electron chi connectivity index (χ4n) is 1.33. The normalized spacial score (nSPS) is 23.7. The minimum absolute atomic E-state index is 0.0716. The van der Waals surface area contributed by atoms with E-state index in [2.05, 4.69) is 0 Å². The minimum atomic E-state index is -0.165. The van der Waals surface area contributed by atoms with Crippen molar-refractivity contribution in [2.75, 3.05) is 26.4 Å². The Labute approximate surface area is 78.5 Å². The van der Waals surface area contributed by atoms with Gasteiger partial charge in [0.1, 0.15) is 0 Å². The topological polar surface area (TPSA) is 36.9 Å². The molecule has 2 saturated heterocycles. The quantitative estimate of drug-likeness (QED) is 0.582. The van der Waals surface area contributed by atoms with Gasteiger partial charge in [-0.15, -0.1) is 0 Å². The summed E-state index contributed by atoms with van der Waals surface area (Å²) in [7, 11) is -0.237. The fraction of sp³-hybridized carbons (Fsp3) is 0.714. The van der Waals surface area contributed by atoms with Gasteiger partial charge in [0.25, 0.3) is 0 Å². The molecule has 0 spiro atoms. The molecule has 0 radical (unpaired) electrons. The van der Waals surface area contributed by atoms with E-state index in [9.17, 15) is 0 Å². The van der Waals surface area contributed by atoms with Crippen LogP contribution >= 0.6 is 0 Å². The minimum Gasteiger partial charge on any atom is -0.409 e. The molecule has 0 atom stereocenters. The predicted octanol–water partition coefficient (Wildman–Crippen LogP) is 0.152. The largest absolute Gasteiger partial charge is 0.485 e. The zero-order valence-corrected chi connectivity index (χ0v) is 7.48. The molecule has 0 saturated carbocycles. The molecule has 70 valence electrons. The maximum atomic E-state index is 5.26. The van der Waals surface area contributed by atoms with Crippen molar-refractivity contribution < 1.29 is 18.6 Å². The summed E-state index contributed by atoms with van der Waals surface area (Å²) in [6, 6.07) is 0. The lowest BCUT2D eigenvalue weighted by atomic mass is 9.81. The first-order valence-electron chi connectivity index (χ1n) is 4.58. The van der Waals surface area contributed by atoms with Crippen LogP contribution in [0.3, 0.4) is 0 Å². The van der Waals surface area contributed by atoms with Crippen molar-refractivity contribution in [3.05, 3.63) is 12.1 Å². The van der Waals surface area contributed by atoms with Gasteiger partial charge < -0.3 is 18.6 Å². The second-order valence-electron chi connectivity index (χ2n) is 2.94. The van der Waals surface area contributed by atoms with E-state index < -0.39 is 0 Å². The molecule has 13 heavy (non-hydrogen) atoms. The van der Waals surface area contributed by atoms with Gasteiger partial charge in [0.15, 0.2) is 0 Å². The van der Waals surface area contributed by atoms with Gasteiger partial charge in [-0.3, -0.25) is 0 Å². The first kappa shape index (κ1) is 9.27. The Balaban J connectivity index is 1.65. The molecule has 2 aliphatic heterocycles. The van der Waals surface area contributed by atoms with Crippen molar-refractivity contribution >= 4 is 14.2 Å². The highest BCUT2D eigenvalue weighted by Crippen LogP contribution is 2.06. The van der Waals surface area contributed by atoms with E-state index in [1.54, 1.807) is 0 Å². The van der Waals surface area contributed by atoms with Gasteiger partial charge >= 0.3 is 14.2 Å². The molecule has 6 heteroatoms. The molecule has 2 fully saturated rings. The molecule has 2 aliphatic rings. The van der Waals surface area contributed by atoms with E-state index in [1.807, 2.05) is 12.1 Å². The monoisotopic (exact) mass is 182 g/mol. The van der Waals surface area contributed by atoms with Gasteiger partial charge in [0.2, 0.25) is 0 Å². The van der Waals surface area contributed by atoms with Crippen LogP contribution in [0, 0.1) is 0 Å². The van der Waals surface area contributed by atoms with Crippen LogP contribution in [0.1, 0.15) is 0 Å². The van der Waals surface area contributed by atoms with Gasteiger partial charge in [-0.1, -0.05) is 12.1 Å². The zero-order chi connectivity index (χ0) is 8.93. The van der Waals surface area contributed by atoms with E-state index >= 15 is 0 Å². The van der Waals surface area contributed by atoms with Crippen molar-refractivity contribution in [2.45, 2.75) is 6.32 Å². The molecule has 2 heterocycles. The molecular weight excluding hydrogens is 170 g/mol. The first-order valence-corrected chi connectivity index (χ1v) is 4.58. The number of allylic oxidation sites excluding steroid dienone is 1. The van der Waals surface area contributed by atoms with Gasteiger partial charge in [-0.05, 0) is 6.32 Å². The molecule has 0 bridgehead atoms. The average molecular weight is 182 g/mol. The molecule has 0 aliphatic carbocycles. The van der Waals surface area contributed by atoms with E-state index in [0.29, 0.717) is 26.4 Å². The van der Waals surface area contributed by atoms with Gasteiger partial charge in [-0.25, -0.2) is 0 Å². The average Bonchev–Trinajstić information content (AvgIpc) is 2.75. The fourth-order valence-corrected chi connectivity index (χ4v) is 1.33. The predicted molar refractivity (Wildman–Crippen MR) is 49.3 cm³/mol. The molecule has 4 nitrogen and oxygen atoms in total. The Hall–Kier alpha value is -0.290. The van der Waals surface area contributed by atoms with Crippen molar-refractivity contribution in [3.8, 4) is 0 Å². The summed E-state index contributed by atoms with van der Waals surface area (Å²) in [4.78, 5) is 0. The second-order valence-corrected chi connectivity index (χ2v) is 2.94. The molecular formula is C7H12B2O4. The van der Waals surface area contributed by atoms with Crippen LogP contribution < -0.4 is 0 Å². The van der Waals surface area contributed by atoms with Gasteiger partial charge in [0.05, 0.1) is 26.4 Å². The molecule has 2 rings (SSSR count). The lowest BCUT2D eigenvalue weighted by molar-refractivity contribution is 0.365. The van der Waals surface area contributed by atoms with Crippen LogP contribution in [0.5, 0.6) is 0 Å². The third-order valence-electron chi connectivity index (χ3n) is 1.96. The van der Waals surface area contributed by atoms with Crippen LogP contribution in [0.4, 0.5) is 0 Å². The Bertz CT molecular complexity index is 175. The molecule has 0 amide bonds. The summed E-state index contributed by atoms with van der Waals surface area (Å²) >= 11 is 0. The van der Waals surface area contributed by atoms with Crippen molar-refractivity contribution in [1.82, 2.24) is 0 Å². The van der Waals surface area contributed by atoms with Crippen LogP contribution in [0.25, 0.3) is 0 Å². The molecule has 0 unspecified atom stereocenters. The van der Waals surface area contributed by atoms with Crippen molar-refractivity contribution in [3.63, 3.8) is 0 Å². The van der Waals surface area contributed by atoms with Gasteiger partial charge in [0, 0.05) is 0 Å². The number of hydrogen-bond donors (Lipinski definition) is 0. The van der Waals surface area contributed by atoms with E-state index in [1.165, 1.54) is 0 Å². The first-order chi connectivity index (χ1) is 6.45. The summed E-state index contributed by atoms with van der Waals surface area (Å²) in [6.07, 6.45) is 2.75. The Morgan fingerprint density at radius 1 is 0.923 bits per heavy atom. The molecule has 0 aromatic carbocycles. The molecule has 0 N–H and O–H groups in total. The number of hydrogen-bond acceptors (Lipinski definition) is 4. The highest BCUT2D eigenvalue weighted by atomic mass is 16.6. The van der Waals surface area contributed by atoms with Gasteiger partial charge in [-0.2, -0.15) is 0 Å². The lowest BCUT2D eigenvalue weighted by Gasteiger charge is -1.98.